The van der Waals surface area contributed by atoms with Crippen molar-refractivity contribution < 1.29 is 4.79 Å². The third kappa shape index (κ3) is 4.19. The zero-order valence-electron chi connectivity index (χ0n) is 10.3. The number of likely N-dealkylation sites (tertiary alicyclic amines) is 1. The van der Waals surface area contributed by atoms with E-state index < -0.39 is 0 Å². The molecule has 0 aromatic rings. The van der Waals surface area contributed by atoms with Crippen molar-refractivity contribution in [3.8, 4) is 6.07 Å². The minimum atomic E-state index is 0.0977. The molecule has 1 saturated heterocycles. The molecule has 0 aromatic heterocycles. The van der Waals surface area contributed by atoms with Crippen LogP contribution in [0.4, 0.5) is 0 Å². The lowest BCUT2D eigenvalue weighted by Crippen LogP contribution is -2.37. The topological polar surface area (TPSA) is 47.3 Å². The number of carbonyl (C=O) groups excluding carboxylic acids is 1. The fraction of sp³-hybridized carbons (Fsp3) is 0.833. The van der Waals surface area contributed by atoms with Crippen molar-refractivity contribution in [2.45, 2.75) is 25.7 Å². The van der Waals surface area contributed by atoms with Gasteiger partial charge in [0.1, 0.15) is 0 Å². The van der Waals surface area contributed by atoms with Gasteiger partial charge in [0.05, 0.1) is 6.07 Å². The average Bonchev–Trinajstić information content (AvgIpc) is 2.29. The Kier molecular flexibility index (Phi) is 5.27. The second kappa shape index (κ2) is 6.49. The van der Waals surface area contributed by atoms with Gasteiger partial charge in [0, 0.05) is 26.4 Å². The van der Waals surface area contributed by atoms with E-state index in [0.717, 1.165) is 19.6 Å². The summed E-state index contributed by atoms with van der Waals surface area (Å²) in [5, 5.41) is 8.42. The van der Waals surface area contributed by atoms with Crippen molar-refractivity contribution in [2.75, 3.05) is 33.7 Å². The maximum atomic E-state index is 11.6. The number of hydrogen-bond donors (Lipinski definition) is 0. The van der Waals surface area contributed by atoms with Crippen LogP contribution < -0.4 is 0 Å². The maximum absolute atomic E-state index is 11.6. The Hall–Kier alpha value is -1.08. The van der Waals surface area contributed by atoms with Crippen LogP contribution in [0, 0.1) is 17.2 Å². The summed E-state index contributed by atoms with van der Waals surface area (Å²) >= 11 is 0. The van der Waals surface area contributed by atoms with Crippen molar-refractivity contribution in [1.29, 1.82) is 5.26 Å². The van der Waals surface area contributed by atoms with E-state index in [-0.39, 0.29) is 5.91 Å². The first kappa shape index (κ1) is 13.0. The zero-order chi connectivity index (χ0) is 12.0. The first-order valence-corrected chi connectivity index (χ1v) is 5.93. The highest BCUT2D eigenvalue weighted by Crippen LogP contribution is 2.17. The molecule has 1 aliphatic heterocycles. The van der Waals surface area contributed by atoms with Crippen molar-refractivity contribution in [2.24, 2.45) is 5.92 Å². The minimum Gasteiger partial charge on any atom is -0.345 e. The highest BCUT2D eigenvalue weighted by molar-refractivity contribution is 5.76. The van der Waals surface area contributed by atoms with Crippen molar-refractivity contribution in [3.63, 3.8) is 0 Å². The molecule has 1 aliphatic rings. The molecule has 0 N–H and O–H groups in total. The van der Waals surface area contributed by atoms with Crippen LogP contribution >= 0.6 is 0 Å². The Balaban J connectivity index is 2.25. The molecule has 0 aliphatic carbocycles. The van der Waals surface area contributed by atoms with E-state index in [1.54, 1.807) is 4.90 Å². The summed E-state index contributed by atoms with van der Waals surface area (Å²) in [7, 11) is 3.98. The summed E-state index contributed by atoms with van der Waals surface area (Å²) in [5.41, 5.74) is 0. The molecule has 90 valence electrons. The van der Waals surface area contributed by atoms with E-state index in [9.17, 15) is 4.79 Å². The van der Waals surface area contributed by atoms with Gasteiger partial charge in [-0.25, -0.2) is 0 Å². The summed E-state index contributed by atoms with van der Waals surface area (Å²) in [4.78, 5) is 15.7. The van der Waals surface area contributed by atoms with E-state index in [0.29, 0.717) is 18.8 Å². The van der Waals surface area contributed by atoms with Gasteiger partial charge < -0.3 is 9.80 Å². The van der Waals surface area contributed by atoms with Crippen molar-refractivity contribution in [3.05, 3.63) is 0 Å². The van der Waals surface area contributed by atoms with E-state index in [2.05, 4.69) is 11.9 Å². The quantitative estimate of drug-likeness (QED) is 0.717. The fourth-order valence-corrected chi connectivity index (χ4v) is 2.09. The molecule has 4 heteroatoms. The van der Waals surface area contributed by atoms with Gasteiger partial charge in [-0.05, 0) is 38.9 Å². The normalized spacial score (nSPS) is 18.1. The van der Waals surface area contributed by atoms with Gasteiger partial charge in [-0.2, -0.15) is 5.26 Å². The van der Waals surface area contributed by atoms with Gasteiger partial charge in [0.15, 0.2) is 0 Å². The van der Waals surface area contributed by atoms with Crippen LogP contribution in [0.15, 0.2) is 0 Å². The molecule has 0 aromatic carbocycles. The van der Waals surface area contributed by atoms with Crippen LogP contribution in [0.25, 0.3) is 0 Å². The number of nitrogens with zero attached hydrogens (tertiary/aromatic N) is 3. The number of hydrogen-bond acceptors (Lipinski definition) is 3. The predicted molar refractivity (Wildman–Crippen MR) is 62.7 cm³/mol. The van der Waals surface area contributed by atoms with Crippen LogP contribution in [0.5, 0.6) is 0 Å². The van der Waals surface area contributed by atoms with Gasteiger partial charge in [0.25, 0.3) is 0 Å². The minimum absolute atomic E-state index is 0.0977. The zero-order valence-corrected chi connectivity index (χ0v) is 10.3. The smallest absolute Gasteiger partial charge is 0.223 e. The van der Waals surface area contributed by atoms with E-state index in [1.165, 1.54) is 12.8 Å². The molecule has 0 saturated carbocycles. The summed E-state index contributed by atoms with van der Waals surface area (Å²) in [6, 6.07) is 2.01. The van der Waals surface area contributed by atoms with Crippen LogP contribution in [0.1, 0.15) is 25.7 Å². The fourth-order valence-electron chi connectivity index (χ4n) is 2.09. The molecule has 0 bridgehead atoms. The average molecular weight is 223 g/mol. The molecule has 0 spiro atoms. The summed E-state index contributed by atoms with van der Waals surface area (Å²) in [5.74, 6) is 0.729. The van der Waals surface area contributed by atoms with Crippen LogP contribution in [0.3, 0.4) is 0 Å². The molecule has 1 rings (SSSR count). The highest BCUT2D eigenvalue weighted by Gasteiger charge is 2.19. The first-order chi connectivity index (χ1) is 7.63. The Morgan fingerprint density at radius 3 is 2.69 bits per heavy atom. The molecule has 4 nitrogen and oxygen atoms in total. The Labute approximate surface area is 97.8 Å². The van der Waals surface area contributed by atoms with Crippen LogP contribution in [-0.4, -0.2) is 49.4 Å². The van der Waals surface area contributed by atoms with Crippen molar-refractivity contribution >= 4 is 5.91 Å². The lowest BCUT2D eigenvalue weighted by molar-refractivity contribution is -0.130. The lowest BCUT2D eigenvalue weighted by atomic mass is 9.96. The standard InChI is InChI=1S/C12H21N3O/c1-14-8-5-11(6-9-14)10-15(2)12(16)4-3-7-13/h11H,3-6,8-10H2,1-2H3. The second-order valence-electron chi connectivity index (χ2n) is 4.68. The number of rotatable bonds is 4. The van der Waals surface area contributed by atoms with Gasteiger partial charge in [-0.15, -0.1) is 0 Å². The monoisotopic (exact) mass is 223 g/mol. The number of carbonyl (C=O) groups is 1. The molecule has 0 atom stereocenters. The van der Waals surface area contributed by atoms with Crippen LogP contribution in [0.2, 0.25) is 0 Å². The predicted octanol–water partition coefficient (Wildman–Crippen LogP) is 1.09. The highest BCUT2D eigenvalue weighted by atomic mass is 16.2. The second-order valence-corrected chi connectivity index (χ2v) is 4.68. The maximum Gasteiger partial charge on any atom is 0.223 e. The lowest BCUT2D eigenvalue weighted by Gasteiger charge is -2.31. The van der Waals surface area contributed by atoms with Gasteiger partial charge >= 0.3 is 0 Å². The summed E-state index contributed by atoms with van der Waals surface area (Å²) in [6.07, 6.45) is 3.04. The molecular formula is C12H21N3O. The first-order valence-electron chi connectivity index (χ1n) is 5.93. The Bertz CT molecular complexity index is 264. The van der Waals surface area contributed by atoms with Gasteiger partial charge in [0.2, 0.25) is 5.91 Å². The van der Waals surface area contributed by atoms with Gasteiger partial charge in [-0.1, -0.05) is 0 Å². The molecule has 1 heterocycles. The Morgan fingerprint density at radius 1 is 1.50 bits per heavy atom. The summed E-state index contributed by atoms with van der Waals surface area (Å²) < 4.78 is 0. The summed E-state index contributed by atoms with van der Waals surface area (Å²) in [6.45, 7) is 3.11. The van der Waals surface area contributed by atoms with E-state index in [1.807, 2.05) is 13.1 Å². The van der Waals surface area contributed by atoms with Crippen molar-refractivity contribution in [1.82, 2.24) is 9.80 Å². The molecule has 0 radical (unpaired) electrons. The van der Waals surface area contributed by atoms with E-state index >= 15 is 0 Å². The third-order valence-electron chi connectivity index (χ3n) is 3.25. The molecule has 1 fully saturated rings. The molecular weight excluding hydrogens is 202 g/mol. The molecule has 16 heavy (non-hydrogen) atoms. The number of nitriles is 1. The third-order valence-corrected chi connectivity index (χ3v) is 3.25. The van der Waals surface area contributed by atoms with Crippen LogP contribution in [-0.2, 0) is 4.79 Å². The molecule has 1 amide bonds. The van der Waals surface area contributed by atoms with E-state index in [4.69, 9.17) is 5.26 Å². The Morgan fingerprint density at radius 2 is 2.12 bits per heavy atom. The largest absolute Gasteiger partial charge is 0.345 e. The SMILES string of the molecule is CN1CCC(CN(C)C(=O)CCC#N)CC1. The molecule has 0 unspecified atom stereocenters. The number of piperidine rings is 1. The van der Waals surface area contributed by atoms with Gasteiger partial charge in [-0.3, -0.25) is 4.79 Å². The number of amides is 1.